The molecule has 0 radical (unpaired) electrons. The zero-order valence-corrected chi connectivity index (χ0v) is 28.4. The van der Waals surface area contributed by atoms with Gasteiger partial charge in [0.05, 0.1) is 35.3 Å². The van der Waals surface area contributed by atoms with Crippen LogP contribution in [0.15, 0.2) is 71.9 Å². The van der Waals surface area contributed by atoms with Crippen LogP contribution in [0.3, 0.4) is 0 Å². The van der Waals surface area contributed by atoms with E-state index in [0.29, 0.717) is 25.4 Å². The molecule has 11 heteroatoms. The van der Waals surface area contributed by atoms with Gasteiger partial charge in [-0.3, -0.25) is 19.4 Å². The highest BCUT2D eigenvalue weighted by Crippen LogP contribution is 2.29. The van der Waals surface area contributed by atoms with Crippen LogP contribution < -0.4 is 9.46 Å². The van der Waals surface area contributed by atoms with E-state index in [-0.39, 0.29) is 46.8 Å². The van der Waals surface area contributed by atoms with Crippen molar-refractivity contribution in [2.24, 2.45) is 5.92 Å². The number of likely N-dealkylation sites (N-methyl/N-ethyl adjacent to an activating group) is 1. The van der Waals surface area contributed by atoms with Gasteiger partial charge in [-0.05, 0) is 95.1 Å². The second kappa shape index (κ2) is 16.4. The van der Waals surface area contributed by atoms with Crippen molar-refractivity contribution in [1.82, 2.24) is 14.8 Å². The number of hydrogen-bond acceptors (Lipinski definition) is 8. The molecule has 1 aromatic heterocycles. The van der Waals surface area contributed by atoms with Crippen LogP contribution in [0.25, 0.3) is 0 Å². The SMILES string of the molecule is Cc1ccc(S(=O)(=O)Nc2ccc3c(c2)C(=O)N([C@@H](C)CO)C[C@@H](C)[C@@H](CN(C)Cc2ccncc2)OCCCC[C@H](C)O3)cc1. The summed E-state index contributed by atoms with van der Waals surface area (Å²) in [4.78, 5) is 22.4. The molecule has 2 heterocycles. The average Bonchev–Trinajstić information content (AvgIpc) is 3.03. The Labute approximate surface area is 273 Å². The van der Waals surface area contributed by atoms with Gasteiger partial charge in [-0.2, -0.15) is 0 Å². The minimum atomic E-state index is -3.90. The van der Waals surface area contributed by atoms with Crippen molar-refractivity contribution in [3.8, 4) is 5.75 Å². The molecule has 1 amide bonds. The van der Waals surface area contributed by atoms with Gasteiger partial charge in [0.2, 0.25) is 0 Å². The Hall–Kier alpha value is -3.51. The van der Waals surface area contributed by atoms with Crippen LogP contribution in [0, 0.1) is 12.8 Å². The lowest BCUT2D eigenvalue weighted by molar-refractivity contribution is -0.0177. The Morgan fingerprint density at radius 3 is 2.50 bits per heavy atom. The Kier molecular flexibility index (Phi) is 12.6. The first-order valence-corrected chi connectivity index (χ1v) is 17.5. The highest BCUT2D eigenvalue weighted by atomic mass is 32.2. The number of aryl methyl sites for hydroxylation is 1. The number of hydrogen-bond donors (Lipinski definition) is 2. The van der Waals surface area contributed by atoms with Crippen LogP contribution in [0.4, 0.5) is 5.69 Å². The van der Waals surface area contributed by atoms with Gasteiger partial charge in [-0.1, -0.05) is 24.6 Å². The van der Waals surface area contributed by atoms with Crippen molar-refractivity contribution in [3.63, 3.8) is 0 Å². The first-order chi connectivity index (χ1) is 22.0. The van der Waals surface area contributed by atoms with Crippen molar-refractivity contribution in [2.75, 3.05) is 38.1 Å². The van der Waals surface area contributed by atoms with Gasteiger partial charge in [-0.25, -0.2) is 8.42 Å². The molecule has 0 saturated heterocycles. The number of aromatic nitrogens is 1. The number of pyridine rings is 1. The Bertz CT molecular complexity index is 1520. The number of ether oxygens (including phenoxy) is 2. The zero-order chi connectivity index (χ0) is 33.3. The van der Waals surface area contributed by atoms with Crippen LogP contribution in [0.2, 0.25) is 0 Å². The number of aliphatic hydroxyl groups is 1. The molecule has 250 valence electrons. The van der Waals surface area contributed by atoms with Gasteiger partial charge in [0, 0.05) is 50.2 Å². The first kappa shape index (κ1) is 35.3. The molecule has 4 atom stereocenters. The predicted molar refractivity (Wildman–Crippen MR) is 179 cm³/mol. The molecular formula is C35H48N4O6S. The fourth-order valence-corrected chi connectivity index (χ4v) is 6.60. The summed E-state index contributed by atoms with van der Waals surface area (Å²) in [6, 6.07) is 14.8. The molecule has 46 heavy (non-hydrogen) atoms. The molecule has 1 aliphatic heterocycles. The summed E-state index contributed by atoms with van der Waals surface area (Å²) < 4.78 is 41.8. The van der Waals surface area contributed by atoms with Crippen molar-refractivity contribution in [2.45, 2.75) is 76.6 Å². The number of fused-ring (bicyclic) bond motifs is 1. The van der Waals surface area contributed by atoms with E-state index in [1.54, 1.807) is 60.6 Å². The Morgan fingerprint density at radius 2 is 1.80 bits per heavy atom. The van der Waals surface area contributed by atoms with Crippen molar-refractivity contribution in [3.05, 3.63) is 83.7 Å². The van der Waals surface area contributed by atoms with Gasteiger partial charge in [-0.15, -0.1) is 0 Å². The maximum Gasteiger partial charge on any atom is 0.261 e. The summed E-state index contributed by atoms with van der Waals surface area (Å²) in [6.07, 6.45) is 5.73. The number of anilines is 1. The number of benzene rings is 2. The summed E-state index contributed by atoms with van der Waals surface area (Å²) in [6.45, 7) is 9.77. The Balaban J connectivity index is 1.64. The highest BCUT2D eigenvalue weighted by molar-refractivity contribution is 7.92. The number of amides is 1. The van der Waals surface area contributed by atoms with Crippen molar-refractivity contribution >= 4 is 21.6 Å². The van der Waals surface area contributed by atoms with Gasteiger partial charge < -0.3 is 19.5 Å². The minimum absolute atomic E-state index is 0.0766. The largest absolute Gasteiger partial charge is 0.490 e. The highest BCUT2D eigenvalue weighted by Gasteiger charge is 2.30. The van der Waals surface area contributed by atoms with Crippen LogP contribution in [0.1, 0.15) is 61.5 Å². The average molecular weight is 653 g/mol. The molecule has 0 saturated carbocycles. The fraction of sp³-hybridized carbons (Fsp3) is 0.486. The summed E-state index contributed by atoms with van der Waals surface area (Å²) in [5, 5.41) is 10.2. The van der Waals surface area contributed by atoms with Gasteiger partial charge in [0.25, 0.3) is 15.9 Å². The molecule has 0 aliphatic carbocycles. The third kappa shape index (κ3) is 9.75. The third-order valence-corrected chi connectivity index (χ3v) is 9.73. The van der Waals surface area contributed by atoms with E-state index in [1.807, 2.05) is 26.0 Å². The predicted octanol–water partition coefficient (Wildman–Crippen LogP) is 5.12. The molecule has 10 nitrogen and oxygen atoms in total. The van der Waals surface area contributed by atoms with Crippen LogP contribution in [0.5, 0.6) is 5.75 Å². The number of sulfonamides is 1. The second-order valence-electron chi connectivity index (χ2n) is 12.5. The van der Waals surface area contributed by atoms with Gasteiger partial charge >= 0.3 is 0 Å². The second-order valence-corrected chi connectivity index (χ2v) is 14.2. The fourth-order valence-electron chi connectivity index (χ4n) is 5.55. The summed E-state index contributed by atoms with van der Waals surface area (Å²) in [5.74, 6) is -0.0549. The van der Waals surface area contributed by atoms with E-state index in [9.17, 15) is 18.3 Å². The summed E-state index contributed by atoms with van der Waals surface area (Å²) in [7, 11) is -1.85. The number of rotatable bonds is 9. The third-order valence-electron chi connectivity index (χ3n) is 8.33. The van der Waals surface area contributed by atoms with Crippen molar-refractivity contribution in [1.29, 1.82) is 0 Å². The molecule has 2 aromatic carbocycles. The van der Waals surface area contributed by atoms with Gasteiger partial charge in [0.1, 0.15) is 5.75 Å². The number of carbonyl (C=O) groups excluding carboxylic acids is 1. The van der Waals surface area contributed by atoms with E-state index in [4.69, 9.17) is 9.47 Å². The molecule has 4 rings (SSSR count). The normalized spacial score (nSPS) is 20.8. The molecule has 0 unspecified atom stereocenters. The summed E-state index contributed by atoms with van der Waals surface area (Å²) >= 11 is 0. The molecule has 1 aliphatic rings. The quantitative estimate of drug-likeness (QED) is 0.327. The smallest absolute Gasteiger partial charge is 0.261 e. The monoisotopic (exact) mass is 652 g/mol. The van der Waals surface area contributed by atoms with E-state index in [2.05, 4.69) is 28.6 Å². The molecule has 3 aromatic rings. The molecule has 0 fully saturated rings. The van der Waals surface area contributed by atoms with Crippen molar-refractivity contribution < 1.29 is 27.8 Å². The number of nitrogens with zero attached hydrogens (tertiary/aromatic N) is 3. The standard InChI is InChI=1S/C35H48N4O6S/c1-25-9-12-31(13-10-25)46(42,43)37-30-11-14-33-32(20-30)35(41)39(27(3)24-40)21-26(2)34(44-19-7-6-8-28(4)45-33)23-38(5)22-29-15-17-36-18-16-29/h9-18,20,26-28,34,37,40H,6-8,19,21-24H2,1-5H3/t26-,27+,28+,34-/m1/s1. The minimum Gasteiger partial charge on any atom is -0.490 e. The maximum atomic E-state index is 14.4. The Morgan fingerprint density at radius 1 is 1.09 bits per heavy atom. The number of carbonyl (C=O) groups is 1. The van der Waals surface area contributed by atoms with E-state index >= 15 is 0 Å². The van der Waals surface area contributed by atoms with E-state index in [0.717, 1.165) is 36.9 Å². The van der Waals surface area contributed by atoms with Crippen LogP contribution in [-0.2, 0) is 21.3 Å². The number of nitrogens with one attached hydrogen (secondary N) is 1. The topological polar surface area (TPSA) is 121 Å². The number of aliphatic hydroxyl groups excluding tert-OH is 1. The molecule has 0 spiro atoms. The van der Waals surface area contributed by atoms with E-state index in [1.165, 1.54) is 6.07 Å². The lowest BCUT2D eigenvalue weighted by Crippen LogP contribution is -2.47. The molecule has 0 bridgehead atoms. The maximum absolute atomic E-state index is 14.4. The summed E-state index contributed by atoms with van der Waals surface area (Å²) in [5.41, 5.74) is 2.57. The van der Waals surface area contributed by atoms with E-state index < -0.39 is 16.1 Å². The molecular weight excluding hydrogens is 604 g/mol. The van der Waals surface area contributed by atoms with Crippen LogP contribution >= 0.6 is 0 Å². The zero-order valence-electron chi connectivity index (χ0n) is 27.6. The molecule has 2 N–H and O–H groups in total. The van der Waals surface area contributed by atoms with Gasteiger partial charge in [0.15, 0.2) is 0 Å². The lowest BCUT2D eigenvalue weighted by atomic mass is 10.0. The van der Waals surface area contributed by atoms with Crippen LogP contribution in [-0.4, -0.2) is 85.8 Å². The first-order valence-electron chi connectivity index (χ1n) is 16.0. The lowest BCUT2D eigenvalue weighted by Gasteiger charge is -2.36.